The van der Waals surface area contributed by atoms with Gasteiger partial charge in [-0.25, -0.2) is 4.79 Å². The Bertz CT molecular complexity index is 1030. The number of hydrogen-bond acceptors (Lipinski definition) is 6. The Morgan fingerprint density at radius 2 is 1.89 bits per heavy atom. The standard InChI is InChI=1S/C20H21N3O4/c1-11-6-5-7-15(19(11)21)20(25)26-10-17(24)16-8-12(2)23(14(16)4)18-9-13(3)27-22-18/h5-9H,10,21H2,1-4H3. The molecule has 2 N–H and O–H groups in total. The molecule has 3 rings (SSSR count). The van der Waals surface area contributed by atoms with E-state index < -0.39 is 5.97 Å². The van der Waals surface area contributed by atoms with Gasteiger partial charge in [-0.3, -0.25) is 9.36 Å². The zero-order valence-corrected chi connectivity index (χ0v) is 15.7. The Hall–Kier alpha value is -3.35. The number of nitrogen functional groups attached to an aromatic ring is 1. The average Bonchev–Trinajstić information content (AvgIpc) is 3.17. The van der Waals surface area contributed by atoms with E-state index >= 15 is 0 Å². The number of benzene rings is 1. The molecule has 0 amide bonds. The number of carbonyl (C=O) groups is 2. The number of nitrogens with two attached hydrogens (primary N) is 1. The van der Waals surface area contributed by atoms with Crippen molar-refractivity contribution in [3.63, 3.8) is 0 Å². The third-order valence-electron chi connectivity index (χ3n) is 4.45. The van der Waals surface area contributed by atoms with Crippen LogP contribution in [0.15, 0.2) is 34.9 Å². The molecule has 0 saturated carbocycles. The molecule has 7 heteroatoms. The van der Waals surface area contributed by atoms with Gasteiger partial charge in [-0.2, -0.15) is 0 Å². The van der Waals surface area contributed by atoms with Crippen LogP contribution in [0.1, 0.15) is 43.4 Å². The van der Waals surface area contributed by atoms with E-state index in [-0.39, 0.29) is 18.0 Å². The molecule has 0 aliphatic heterocycles. The predicted octanol–water partition coefficient (Wildman–Crippen LogP) is 3.32. The van der Waals surface area contributed by atoms with Crippen LogP contribution in [0.3, 0.4) is 0 Å². The van der Waals surface area contributed by atoms with Crippen molar-refractivity contribution >= 4 is 17.4 Å². The van der Waals surface area contributed by atoms with Crippen molar-refractivity contribution in [2.75, 3.05) is 12.3 Å². The molecule has 140 valence electrons. The summed E-state index contributed by atoms with van der Waals surface area (Å²) in [5.41, 5.74) is 9.31. The molecule has 0 saturated heterocycles. The van der Waals surface area contributed by atoms with Crippen molar-refractivity contribution in [3.8, 4) is 5.82 Å². The third-order valence-corrected chi connectivity index (χ3v) is 4.45. The summed E-state index contributed by atoms with van der Waals surface area (Å²) in [5, 5.41) is 3.99. The molecule has 0 bridgehead atoms. The summed E-state index contributed by atoms with van der Waals surface area (Å²) in [5.74, 6) is 0.362. The molecular formula is C20H21N3O4. The Balaban J connectivity index is 1.77. The van der Waals surface area contributed by atoms with Crippen molar-refractivity contribution in [1.82, 2.24) is 9.72 Å². The smallest absolute Gasteiger partial charge is 0.340 e. The minimum Gasteiger partial charge on any atom is -0.454 e. The molecule has 1 aromatic carbocycles. The molecule has 0 unspecified atom stereocenters. The normalized spacial score (nSPS) is 10.8. The lowest BCUT2D eigenvalue weighted by Crippen LogP contribution is -2.16. The van der Waals surface area contributed by atoms with E-state index in [0.29, 0.717) is 28.5 Å². The Labute approximate surface area is 156 Å². The van der Waals surface area contributed by atoms with Crippen molar-refractivity contribution in [3.05, 3.63) is 64.2 Å². The van der Waals surface area contributed by atoms with E-state index in [4.69, 9.17) is 15.0 Å². The first-order valence-electron chi connectivity index (χ1n) is 8.47. The van der Waals surface area contributed by atoms with Crippen molar-refractivity contribution in [2.45, 2.75) is 27.7 Å². The van der Waals surface area contributed by atoms with Crippen molar-refractivity contribution < 1.29 is 18.8 Å². The monoisotopic (exact) mass is 367 g/mol. The minimum absolute atomic E-state index is 0.256. The number of anilines is 1. The third kappa shape index (κ3) is 3.48. The van der Waals surface area contributed by atoms with E-state index in [9.17, 15) is 9.59 Å². The summed E-state index contributed by atoms with van der Waals surface area (Å²) in [6.45, 7) is 6.91. The van der Waals surface area contributed by atoms with Crippen molar-refractivity contribution in [1.29, 1.82) is 0 Å². The SMILES string of the molecule is Cc1cc(-n2c(C)cc(C(=O)COC(=O)c3cccc(C)c3N)c2C)no1. The van der Waals surface area contributed by atoms with E-state index in [1.807, 2.05) is 18.4 Å². The van der Waals surface area contributed by atoms with E-state index in [1.54, 1.807) is 44.2 Å². The van der Waals surface area contributed by atoms with Crippen LogP contribution in [-0.4, -0.2) is 28.1 Å². The predicted molar refractivity (Wildman–Crippen MR) is 100 cm³/mol. The van der Waals surface area contributed by atoms with Crippen LogP contribution >= 0.6 is 0 Å². The number of ketones is 1. The van der Waals surface area contributed by atoms with Crippen LogP contribution in [0.25, 0.3) is 5.82 Å². The van der Waals surface area contributed by atoms with Gasteiger partial charge in [-0.15, -0.1) is 0 Å². The first kappa shape index (κ1) is 18.4. The molecule has 0 fully saturated rings. The fourth-order valence-electron chi connectivity index (χ4n) is 3.00. The molecule has 27 heavy (non-hydrogen) atoms. The second kappa shape index (κ2) is 7.11. The van der Waals surface area contributed by atoms with Gasteiger partial charge >= 0.3 is 5.97 Å². The molecule has 2 aromatic heterocycles. The van der Waals surface area contributed by atoms with Gasteiger partial charge in [0.2, 0.25) is 5.78 Å². The minimum atomic E-state index is -0.620. The zero-order valence-electron chi connectivity index (χ0n) is 15.7. The summed E-state index contributed by atoms with van der Waals surface area (Å²) in [6.07, 6.45) is 0. The zero-order chi connectivity index (χ0) is 19.7. The highest BCUT2D eigenvalue weighted by Gasteiger charge is 2.20. The number of Topliss-reactive ketones (excluding diaryl/α,β-unsaturated/α-hetero) is 1. The first-order chi connectivity index (χ1) is 12.8. The number of aryl methyl sites for hydroxylation is 3. The molecular weight excluding hydrogens is 346 g/mol. The van der Waals surface area contributed by atoms with Gasteiger partial charge in [0.25, 0.3) is 0 Å². The van der Waals surface area contributed by atoms with Crippen LogP contribution in [0, 0.1) is 27.7 Å². The van der Waals surface area contributed by atoms with Crippen LogP contribution in [0.2, 0.25) is 0 Å². The maximum Gasteiger partial charge on any atom is 0.340 e. The number of nitrogens with zero attached hydrogens (tertiary/aromatic N) is 2. The first-order valence-corrected chi connectivity index (χ1v) is 8.47. The lowest BCUT2D eigenvalue weighted by atomic mass is 10.1. The summed E-state index contributed by atoms with van der Waals surface area (Å²) < 4.78 is 12.1. The fourth-order valence-corrected chi connectivity index (χ4v) is 3.00. The lowest BCUT2D eigenvalue weighted by Gasteiger charge is -2.08. The summed E-state index contributed by atoms with van der Waals surface area (Å²) in [6, 6.07) is 8.63. The number of aromatic nitrogens is 2. The van der Waals surface area contributed by atoms with Crippen LogP contribution < -0.4 is 5.73 Å². The fraction of sp³-hybridized carbons (Fsp3) is 0.250. The second-order valence-electron chi connectivity index (χ2n) is 6.45. The van der Waals surface area contributed by atoms with Gasteiger partial charge in [0, 0.05) is 28.7 Å². The van der Waals surface area contributed by atoms with Crippen LogP contribution in [-0.2, 0) is 4.74 Å². The van der Waals surface area contributed by atoms with Crippen LogP contribution in [0.5, 0.6) is 0 Å². The number of hydrogen-bond donors (Lipinski definition) is 1. The molecule has 3 aromatic rings. The molecule has 0 radical (unpaired) electrons. The van der Waals surface area contributed by atoms with E-state index in [1.165, 1.54) is 0 Å². The van der Waals surface area contributed by atoms with Gasteiger partial charge in [-0.05, 0) is 45.4 Å². The highest BCUT2D eigenvalue weighted by molar-refractivity contribution is 6.01. The maximum atomic E-state index is 12.6. The van der Waals surface area contributed by atoms with Gasteiger partial charge in [0.05, 0.1) is 5.56 Å². The molecule has 7 nitrogen and oxygen atoms in total. The molecule has 0 aliphatic rings. The maximum absolute atomic E-state index is 12.6. The highest BCUT2D eigenvalue weighted by Crippen LogP contribution is 2.22. The van der Waals surface area contributed by atoms with Gasteiger partial charge in [0.1, 0.15) is 5.76 Å². The number of rotatable bonds is 5. The van der Waals surface area contributed by atoms with Crippen molar-refractivity contribution in [2.24, 2.45) is 0 Å². The Morgan fingerprint density at radius 1 is 1.15 bits per heavy atom. The van der Waals surface area contributed by atoms with Gasteiger partial charge < -0.3 is 15.0 Å². The largest absolute Gasteiger partial charge is 0.454 e. The van der Waals surface area contributed by atoms with E-state index in [0.717, 1.165) is 11.3 Å². The molecule has 0 atom stereocenters. The number of carbonyl (C=O) groups excluding carboxylic acids is 2. The molecule has 2 heterocycles. The quantitative estimate of drug-likeness (QED) is 0.422. The molecule has 0 aliphatic carbocycles. The van der Waals surface area contributed by atoms with Gasteiger partial charge in [-0.1, -0.05) is 17.3 Å². The molecule has 0 spiro atoms. The lowest BCUT2D eigenvalue weighted by molar-refractivity contribution is 0.0475. The van der Waals surface area contributed by atoms with Crippen LogP contribution in [0.4, 0.5) is 5.69 Å². The van der Waals surface area contributed by atoms with E-state index in [2.05, 4.69) is 5.16 Å². The topological polar surface area (TPSA) is 100 Å². The summed E-state index contributed by atoms with van der Waals surface area (Å²) in [4.78, 5) is 24.8. The Kier molecular flexibility index (Phi) is 4.85. The number of ether oxygens (including phenoxy) is 1. The second-order valence-corrected chi connectivity index (χ2v) is 6.45. The summed E-state index contributed by atoms with van der Waals surface area (Å²) >= 11 is 0. The van der Waals surface area contributed by atoms with Gasteiger partial charge in [0.15, 0.2) is 12.4 Å². The Morgan fingerprint density at radius 3 is 2.56 bits per heavy atom. The number of para-hydroxylation sites is 1. The highest BCUT2D eigenvalue weighted by atomic mass is 16.5. The summed E-state index contributed by atoms with van der Waals surface area (Å²) in [7, 11) is 0. The number of esters is 1. The average molecular weight is 367 g/mol.